The Balaban J connectivity index is 2.37. The van der Waals surface area contributed by atoms with Crippen molar-refractivity contribution in [2.24, 2.45) is 5.73 Å². The van der Waals surface area contributed by atoms with Gasteiger partial charge in [-0.15, -0.1) is 0 Å². The quantitative estimate of drug-likeness (QED) is 0.743. The fraction of sp³-hybridized carbons (Fsp3) is 0.900. The maximum atomic E-state index is 11.5. The minimum absolute atomic E-state index is 0.0637. The molecule has 0 aromatic carbocycles. The molecule has 0 bridgehead atoms. The predicted octanol–water partition coefficient (Wildman–Crippen LogP) is 1.13. The molecule has 4 heteroatoms. The van der Waals surface area contributed by atoms with Gasteiger partial charge < -0.3 is 11.1 Å². The molecule has 0 radical (unpaired) electrons. The van der Waals surface area contributed by atoms with Crippen LogP contribution in [0, 0.1) is 0 Å². The number of nitrogens with two attached hydrogens (primary N) is 1. The summed E-state index contributed by atoms with van der Waals surface area (Å²) >= 11 is 1.94. The third-order valence-electron chi connectivity index (χ3n) is 2.51. The highest BCUT2D eigenvalue weighted by Crippen LogP contribution is 2.36. The van der Waals surface area contributed by atoms with E-state index in [4.69, 9.17) is 5.73 Å². The molecular formula is C10H20N2OS. The molecule has 3 N–H and O–H groups in total. The van der Waals surface area contributed by atoms with Crippen LogP contribution in [0.15, 0.2) is 0 Å². The first kappa shape index (κ1) is 11.9. The first-order chi connectivity index (χ1) is 6.33. The lowest BCUT2D eigenvalue weighted by Crippen LogP contribution is -2.51. The van der Waals surface area contributed by atoms with Gasteiger partial charge >= 0.3 is 0 Å². The third kappa shape index (κ3) is 3.17. The highest BCUT2D eigenvalue weighted by Gasteiger charge is 2.31. The van der Waals surface area contributed by atoms with Crippen molar-refractivity contribution in [2.45, 2.75) is 43.9 Å². The maximum Gasteiger partial charge on any atom is 0.239 e. The molecule has 1 fully saturated rings. The smallest absolute Gasteiger partial charge is 0.239 e. The molecular weight excluding hydrogens is 196 g/mol. The molecule has 1 rings (SSSR count). The van der Waals surface area contributed by atoms with E-state index in [-0.39, 0.29) is 10.7 Å². The molecule has 82 valence electrons. The van der Waals surface area contributed by atoms with Crippen LogP contribution in [0.5, 0.6) is 0 Å². The highest BCUT2D eigenvalue weighted by atomic mass is 32.2. The summed E-state index contributed by atoms with van der Waals surface area (Å²) in [5.41, 5.74) is 4.92. The van der Waals surface area contributed by atoms with Crippen molar-refractivity contribution in [2.75, 3.05) is 12.3 Å². The van der Waals surface area contributed by atoms with Crippen LogP contribution in [0.2, 0.25) is 0 Å². The van der Waals surface area contributed by atoms with Crippen molar-refractivity contribution in [3.8, 4) is 0 Å². The van der Waals surface area contributed by atoms with E-state index in [2.05, 4.69) is 12.2 Å². The van der Waals surface area contributed by atoms with E-state index in [1.165, 1.54) is 18.6 Å². The van der Waals surface area contributed by atoms with Gasteiger partial charge in [-0.1, -0.05) is 0 Å². The van der Waals surface area contributed by atoms with Crippen LogP contribution in [-0.2, 0) is 4.79 Å². The minimum atomic E-state index is -0.764. The van der Waals surface area contributed by atoms with Crippen molar-refractivity contribution in [3.63, 3.8) is 0 Å². The molecule has 0 aromatic heterocycles. The van der Waals surface area contributed by atoms with Gasteiger partial charge in [-0.05, 0) is 39.4 Å². The summed E-state index contributed by atoms with van der Waals surface area (Å²) < 4.78 is 0.223. The molecule has 1 saturated heterocycles. The molecule has 1 aliphatic heterocycles. The summed E-state index contributed by atoms with van der Waals surface area (Å²) in [4.78, 5) is 11.5. The molecule has 14 heavy (non-hydrogen) atoms. The van der Waals surface area contributed by atoms with Crippen LogP contribution in [-0.4, -0.2) is 28.5 Å². The van der Waals surface area contributed by atoms with E-state index < -0.39 is 5.54 Å². The molecule has 3 nitrogen and oxygen atoms in total. The number of hydrogen-bond acceptors (Lipinski definition) is 3. The van der Waals surface area contributed by atoms with Gasteiger partial charge in [0.15, 0.2) is 0 Å². The van der Waals surface area contributed by atoms with E-state index in [9.17, 15) is 4.79 Å². The van der Waals surface area contributed by atoms with Crippen molar-refractivity contribution in [1.29, 1.82) is 0 Å². The summed E-state index contributed by atoms with van der Waals surface area (Å²) in [6.07, 6.45) is 2.44. The van der Waals surface area contributed by atoms with E-state index in [0.29, 0.717) is 0 Å². The van der Waals surface area contributed by atoms with Gasteiger partial charge in [0, 0.05) is 11.3 Å². The number of thioether (sulfide) groups is 1. The van der Waals surface area contributed by atoms with E-state index >= 15 is 0 Å². The van der Waals surface area contributed by atoms with Crippen LogP contribution < -0.4 is 11.1 Å². The summed E-state index contributed by atoms with van der Waals surface area (Å²) in [5, 5.41) is 2.92. The van der Waals surface area contributed by atoms with Gasteiger partial charge in [-0.2, -0.15) is 11.8 Å². The van der Waals surface area contributed by atoms with Crippen LogP contribution >= 0.6 is 11.8 Å². The second-order valence-corrected chi connectivity index (χ2v) is 6.49. The Bertz CT molecular complexity index is 217. The van der Waals surface area contributed by atoms with Crippen LogP contribution in [0.3, 0.4) is 0 Å². The first-order valence-corrected chi connectivity index (χ1v) is 6.03. The molecule has 0 saturated carbocycles. The first-order valence-electron chi connectivity index (χ1n) is 5.05. The molecule has 1 aliphatic rings. The number of rotatable bonds is 3. The Morgan fingerprint density at radius 2 is 2.29 bits per heavy atom. The lowest BCUT2D eigenvalue weighted by molar-refractivity contribution is -0.125. The SMILES string of the molecule is CC1(CNC(=O)C(C)(C)N)CCCS1. The summed E-state index contributed by atoms with van der Waals surface area (Å²) in [6.45, 7) is 6.39. The summed E-state index contributed by atoms with van der Waals surface area (Å²) in [7, 11) is 0. The van der Waals surface area contributed by atoms with Crippen molar-refractivity contribution < 1.29 is 4.79 Å². The molecule has 1 amide bonds. The van der Waals surface area contributed by atoms with Crippen molar-refractivity contribution >= 4 is 17.7 Å². The van der Waals surface area contributed by atoms with Crippen LogP contribution in [0.4, 0.5) is 0 Å². The largest absolute Gasteiger partial charge is 0.353 e. The molecule has 0 aliphatic carbocycles. The average Bonchev–Trinajstić information content (AvgIpc) is 2.47. The van der Waals surface area contributed by atoms with E-state index in [1.807, 2.05) is 11.8 Å². The zero-order valence-corrected chi connectivity index (χ0v) is 10.0. The third-order valence-corrected chi connectivity index (χ3v) is 4.05. The van der Waals surface area contributed by atoms with Gasteiger partial charge in [0.05, 0.1) is 5.54 Å². The maximum absolute atomic E-state index is 11.5. The fourth-order valence-electron chi connectivity index (χ4n) is 1.47. The topological polar surface area (TPSA) is 55.1 Å². The Kier molecular flexibility index (Phi) is 3.48. The Morgan fingerprint density at radius 3 is 2.71 bits per heavy atom. The number of carbonyl (C=O) groups excluding carboxylic acids is 1. The van der Waals surface area contributed by atoms with Gasteiger partial charge in [0.2, 0.25) is 5.91 Å². The van der Waals surface area contributed by atoms with Gasteiger partial charge in [0.1, 0.15) is 0 Å². The lowest BCUT2D eigenvalue weighted by Gasteiger charge is -2.25. The average molecular weight is 216 g/mol. The van der Waals surface area contributed by atoms with Crippen molar-refractivity contribution in [3.05, 3.63) is 0 Å². The van der Waals surface area contributed by atoms with E-state index in [0.717, 1.165) is 6.54 Å². The molecule has 1 unspecified atom stereocenters. The molecule has 1 atom stereocenters. The standard InChI is InChI=1S/C10H20N2OS/c1-9(2,11)8(13)12-7-10(3)5-4-6-14-10/h4-7,11H2,1-3H3,(H,12,13). The van der Waals surface area contributed by atoms with Crippen LogP contribution in [0.25, 0.3) is 0 Å². The molecule has 0 aromatic rings. The minimum Gasteiger partial charge on any atom is -0.353 e. The number of hydrogen-bond donors (Lipinski definition) is 2. The Hall–Kier alpha value is -0.220. The van der Waals surface area contributed by atoms with Gasteiger partial charge in [-0.3, -0.25) is 4.79 Å². The number of carbonyl (C=O) groups is 1. The second kappa shape index (κ2) is 4.11. The summed E-state index contributed by atoms with van der Waals surface area (Å²) in [6, 6.07) is 0. The monoisotopic (exact) mass is 216 g/mol. The Morgan fingerprint density at radius 1 is 1.64 bits per heavy atom. The van der Waals surface area contributed by atoms with Crippen molar-refractivity contribution in [1.82, 2.24) is 5.32 Å². The number of amides is 1. The normalized spacial score (nSPS) is 27.7. The molecule has 1 heterocycles. The zero-order valence-electron chi connectivity index (χ0n) is 9.22. The second-order valence-electron chi connectivity index (χ2n) is 4.81. The summed E-state index contributed by atoms with van der Waals surface area (Å²) in [5.74, 6) is 1.14. The zero-order chi connectivity index (χ0) is 10.8. The van der Waals surface area contributed by atoms with Crippen LogP contribution in [0.1, 0.15) is 33.6 Å². The van der Waals surface area contributed by atoms with E-state index in [1.54, 1.807) is 13.8 Å². The van der Waals surface area contributed by atoms with Gasteiger partial charge in [-0.25, -0.2) is 0 Å². The predicted molar refractivity (Wildman–Crippen MR) is 61.4 cm³/mol. The lowest BCUT2D eigenvalue weighted by atomic mass is 10.0. The Labute approximate surface area is 90.2 Å². The number of nitrogens with one attached hydrogen (secondary N) is 1. The van der Waals surface area contributed by atoms with Gasteiger partial charge in [0.25, 0.3) is 0 Å². The highest BCUT2D eigenvalue weighted by molar-refractivity contribution is 8.00. The fourth-order valence-corrected chi connectivity index (χ4v) is 2.72. The molecule has 0 spiro atoms.